The molecule has 2 heterocycles. The Morgan fingerprint density at radius 3 is 2.56 bits per heavy atom. The van der Waals surface area contributed by atoms with Gasteiger partial charge in [0.1, 0.15) is 11.6 Å². The SMILES string of the molecule is CC(C)(C)c1nc2c(c(=O)[nH]1)CN(Cc1ccc(F)cc1C(F)(F)F)CC2. The second-order valence-corrected chi connectivity index (χ2v) is 7.85. The van der Waals surface area contributed by atoms with Gasteiger partial charge in [-0.25, -0.2) is 9.37 Å². The van der Waals surface area contributed by atoms with Gasteiger partial charge < -0.3 is 4.98 Å². The molecule has 1 aliphatic heterocycles. The lowest BCUT2D eigenvalue weighted by Crippen LogP contribution is -2.37. The maximum Gasteiger partial charge on any atom is 0.416 e. The van der Waals surface area contributed by atoms with Crippen molar-refractivity contribution in [3.63, 3.8) is 0 Å². The molecule has 1 aromatic heterocycles. The second-order valence-electron chi connectivity index (χ2n) is 7.85. The molecule has 0 fully saturated rings. The van der Waals surface area contributed by atoms with E-state index in [1.165, 1.54) is 0 Å². The minimum atomic E-state index is -4.63. The number of aromatic amines is 1. The first-order valence-corrected chi connectivity index (χ1v) is 8.65. The number of fused-ring (bicyclic) bond motifs is 1. The van der Waals surface area contributed by atoms with Gasteiger partial charge in [-0.2, -0.15) is 13.2 Å². The lowest BCUT2D eigenvalue weighted by molar-refractivity contribution is -0.138. The van der Waals surface area contributed by atoms with Crippen LogP contribution in [-0.4, -0.2) is 21.4 Å². The van der Waals surface area contributed by atoms with E-state index in [-0.39, 0.29) is 29.6 Å². The molecule has 3 rings (SSSR count). The van der Waals surface area contributed by atoms with Gasteiger partial charge in [0.25, 0.3) is 5.56 Å². The van der Waals surface area contributed by atoms with E-state index in [2.05, 4.69) is 9.97 Å². The Bertz CT molecular complexity index is 913. The number of halogens is 4. The van der Waals surface area contributed by atoms with Crippen LogP contribution in [0.2, 0.25) is 0 Å². The van der Waals surface area contributed by atoms with Crippen LogP contribution in [0.5, 0.6) is 0 Å². The molecule has 0 bridgehead atoms. The smallest absolute Gasteiger partial charge is 0.310 e. The van der Waals surface area contributed by atoms with Gasteiger partial charge in [-0.15, -0.1) is 0 Å². The summed E-state index contributed by atoms with van der Waals surface area (Å²) in [6, 6.07) is 2.68. The Morgan fingerprint density at radius 2 is 1.93 bits per heavy atom. The fourth-order valence-corrected chi connectivity index (χ4v) is 3.16. The minimum absolute atomic E-state index is 0.0111. The van der Waals surface area contributed by atoms with Crippen molar-refractivity contribution in [3.8, 4) is 0 Å². The molecule has 27 heavy (non-hydrogen) atoms. The Labute approximate surface area is 154 Å². The summed E-state index contributed by atoms with van der Waals surface area (Å²) in [5, 5.41) is 0. The predicted molar refractivity (Wildman–Crippen MR) is 92.8 cm³/mol. The highest BCUT2D eigenvalue weighted by Crippen LogP contribution is 2.33. The third kappa shape index (κ3) is 4.21. The van der Waals surface area contributed by atoms with Crippen LogP contribution >= 0.6 is 0 Å². The van der Waals surface area contributed by atoms with E-state index in [9.17, 15) is 22.4 Å². The van der Waals surface area contributed by atoms with Crippen LogP contribution < -0.4 is 5.56 Å². The standard InChI is InChI=1S/C19H21F4N3O/c1-18(2,3)17-24-15-6-7-26(10-13(15)16(27)25-17)9-11-4-5-12(20)8-14(11)19(21,22)23/h4-5,8H,6-7,9-10H2,1-3H3,(H,24,25,27). The normalized spacial score (nSPS) is 15.7. The van der Waals surface area contributed by atoms with Crippen LogP contribution in [0.3, 0.4) is 0 Å². The molecule has 0 spiro atoms. The van der Waals surface area contributed by atoms with E-state index >= 15 is 0 Å². The average molecular weight is 383 g/mol. The van der Waals surface area contributed by atoms with Crippen molar-refractivity contribution in [2.75, 3.05) is 6.54 Å². The summed E-state index contributed by atoms with van der Waals surface area (Å²) >= 11 is 0. The molecule has 0 unspecified atom stereocenters. The summed E-state index contributed by atoms with van der Waals surface area (Å²) in [5.41, 5.74) is -0.391. The molecule has 0 saturated heterocycles. The van der Waals surface area contributed by atoms with Gasteiger partial charge in [-0.05, 0) is 17.7 Å². The number of H-pyrrole nitrogens is 1. The van der Waals surface area contributed by atoms with Crippen LogP contribution in [0.1, 0.15) is 49.0 Å². The van der Waals surface area contributed by atoms with Crippen LogP contribution in [0.15, 0.2) is 23.0 Å². The summed E-state index contributed by atoms with van der Waals surface area (Å²) in [7, 11) is 0. The Hall–Kier alpha value is -2.22. The number of rotatable bonds is 2. The molecule has 2 aromatic rings. The molecular weight excluding hydrogens is 362 g/mol. The zero-order valence-corrected chi connectivity index (χ0v) is 15.4. The molecule has 0 radical (unpaired) electrons. The number of hydrogen-bond acceptors (Lipinski definition) is 3. The zero-order valence-electron chi connectivity index (χ0n) is 15.4. The maximum atomic E-state index is 13.3. The molecule has 0 amide bonds. The highest BCUT2D eigenvalue weighted by atomic mass is 19.4. The number of benzene rings is 1. The molecular formula is C19H21F4N3O. The van der Waals surface area contributed by atoms with Crippen molar-refractivity contribution in [2.45, 2.75) is 51.9 Å². The number of alkyl halides is 3. The largest absolute Gasteiger partial charge is 0.416 e. The predicted octanol–water partition coefficient (Wildman–Crippen LogP) is 3.78. The van der Waals surface area contributed by atoms with Gasteiger partial charge in [0.2, 0.25) is 0 Å². The molecule has 1 N–H and O–H groups in total. The fraction of sp³-hybridized carbons (Fsp3) is 0.474. The van der Waals surface area contributed by atoms with Gasteiger partial charge in [0, 0.05) is 31.5 Å². The van der Waals surface area contributed by atoms with Crippen molar-refractivity contribution in [2.24, 2.45) is 0 Å². The molecule has 8 heteroatoms. The quantitative estimate of drug-likeness (QED) is 0.803. The van der Waals surface area contributed by atoms with E-state index < -0.39 is 17.6 Å². The second kappa shape index (κ2) is 6.74. The molecule has 4 nitrogen and oxygen atoms in total. The van der Waals surface area contributed by atoms with Crippen molar-refractivity contribution in [3.05, 3.63) is 62.6 Å². The van der Waals surface area contributed by atoms with Crippen molar-refractivity contribution < 1.29 is 17.6 Å². The summed E-state index contributed by atoms with van der Waals surface area (Å²) in [5.74, 6) is -0.331. The van der Waals surface area contributed by atoms with Crippen LogP contribution in [-0.2, 0) is 31.1 Å². The number of aromatic nitrogens is 2. The number of nitrogens with one attached hydrogen (secondary N) is 1. The van der Waals surface area contributed by atoms with Crippen molar-refractivity contribution in [1.29, 1.82) is 0 Å². The van der Waals surface area contributed by atoms with Gasteiger partial charge in [0.05, 0.1) is 16.8 Å². The van der Waals surface area contributed by atoms with Gasteiger partial charge in [-0.3, -0.25) is 9.69 Å². The summed E-state index contributed by atoms with van der Waals surface area (Å²) in [6.45, 7) is 6.49. The van der Waals surface area contributed by atoms with Gasteiger partial charge >= 0.3 is 6.18 Å². The topological polar surface area (TPSA) is 49.0 Å². The summed E-state index contributed by atoms with van der Waals surface area (Å²) < 4.78 is 52.8. The first kappa shape index (κ1) is 19.5. The highest BCUT2D eigenvalue weighted by Gasteiger charge is 2.34. The Morgan fingerprint density at radius 1 is 1.22 bits per heavy atom. The Balaban J connectivity index is 1.87. The fourth-order valence-electron chi connectivity index (χ4n) is 3.16. The highest BCUT2D eigenvalue weighted by molar-refractivity contribution is 5.31. The molecule has 146 valence electrons. The van der Waals surface area contributed by atoms with Gasteiger partial charge in [0.15, 0.2) is 0 Å². The van der Waals surface area contributed by atoms with Crippen LogP contribution in [0.4, 0.5) is 17.6 Å². The third-order valence-electron chi connectivity index (χ3n) is 4.63. The number of hydrogen-bond donors (Lipinski definition) is 1. The maximum absolute atomic E-state index is 13.3. The van der Waals surface area contributed by atoms with E-state index in [4.69, 9.17) is 0 Å². The first-order chi connectivity index (χ1) is 12.4. The summed E-state index contributed by atoms with van der Waals surface area (Å²) in [4.78, 5) is 21.5. The van der Waals surface area contributed by atoms with Crippen molar-refractivity contribution >= 4 is 0 Å². The molecule has 0 aliphatic carbocycles. The third-order valence-corrected chi connectivity index (χ3v) is 4.63. The average Bonchev–Trinajstić information content (AvgIpc) is 2.55. The first-order valence-electron chi connectivity index (χ1n) is 8.65. The van der Waals surface area contributed by atoms with E-state index in [0.29, 0.717) is 36.1 Å². The lowest BCUT2D eigenvalue weighted by atomic mass is 9.94. The Kier molecular flexibility index (Phi) is 4.88. The monoisotopic (exact) mass is 383 g/mol. The zero-order chi connectivity index (χ0) is 20.0. The molecule has 0 saturated carbocycles. The lowest BCUT2D eigenvalue weighted by Gasteiger charge is -2.29. The number of nitrogens with zero attached hydrogens (tertiary/aromatic N) is 2. The minimum Gasteiger partial charge on any atom is -0.310 e. The van der Waals surface area contributed by atoms with Crippen LogP contribution in [0.25, 0.3) is 0 Å². The van der Waals surface area contributed by atoms with E-state index in [1.54, 1.807) is 4.90 Å². The molecule has 1 aromatic carbocycles. The van der Waals surface area contributed by atoms with E-state index in [1.807, 2.05) is 20.8 Å². The van der Waals surface area contributed by atoms with Gasteiger partial charge in [-0.1, -0.05) is 26.8 Å². The molecule has 0 atom stereocenters. The summed E-state index contributed by atoms with van der Waals surface area (Å²) in [6.07, 6.45) is -4.16. The molecule has 1 aliphatic rings. The van der Waals surface area contributed by atoms with Crippen molar-refractivity contribution in [1.82, 2.24) is 14.9 Å². The van der Waals surface area contributed by atoms with E-state index in [0.717, 1.165) is 12.1 Å². The van der Waals surface area contributed by atoms with Crippen LogP contribution in [0, 0.1) is 5.82 Å².